The van der Waals surface area contributed by atoms with E-state index in [9.17, 15) is 9.18 Å². The number of carbonyl (C=O) groups excluding carboxylic acids is 1. The van der Waals surface area contributed by atoms with Gasteiger partial charge in [0.15, 0.2) is 5.78 Å². The van der Waals surface area contributed by atoms with E-state index in [-0.39, 0.29) is 30.0 Å². The molecule has 1 aromatic carbocycles. The Kier molecular flexibility index (Phi) is 8.65. The Morgan fingerprint density at radius 1 is 1.10 bits per heavy atom. The van der Waals surface area contributed by atoms with Crippen LogP contribution >= 0.6 is 0 Å². The van der Waals surface area contributed by atoms with Crippen molar-refractivity contribution in [1.29, 1.82) is 0 Å². The molecule has 0 atom stereocenters. The number of carbonyl (C=O) groups is 1. The summed E-state index contributed by atoms with van der Waals surface area (Å²) in [5.74, 6) is -0.521. The molecule has 0 saturated heterocycles. The van der Waals surface area contributed by atoms with E-state index in [1.54, 1.807) is 6.07 Å². The van der Waals surface area contributed by atoms with Crippen molar-refractivity contribution in [2.45, 2.75) is 65.3 Å². The Bertz CT molecular complexity index is 814. The molecule has 5 nitrogen and oxygen atoms in total. The summed E-state index contributed by atoms with van der Waals surface area (Å²) >= 11 is 0. The van der Waals surface area contributed by atoms with Gasteiger partial charge >= 0.3 is 0 Å². The first kappa shape index (κ1) is 23.4. The highest BCUT2D eigenvalue weighted by atomic mass is 19.1. The van der Waals surface area contributed by atoms with E-state index in [0.29, 0.717) is 25.3 Å². The Hall–Kier alpha value is -1.92. The molecule has 0 unspecified atom stereocenters. The van der Waals surface area contributed by atoms with E-state index in [2.05, 4.69) is 27.7 Å². The minimum absolute atomic E-state index is 0.0419. The second kappa shape index (κ2) is 10.7. The van der Waals surface area contributed by atoms with Gasteiger partial charge in [-0.1, -0.05) is 40.5 Å². The summed E-state index contributed by atoms with van der Waals surface area (Å²) in [4.78, 5) is 12.6. The van der Waals surface area contributed by atoms with Gasteiger partial charge in [-0.05, 0) is 25.0 Å². The van der Waals surface area contributed by atoms with Crippen molar-refractivity contribution < 1.29 is 18.7 Å². The summed E-state index contributed by atoms with van der Waals surface area (Å²) < 4.78 is 27.4. The van der Waals surface area contributed by atoms with E-state index in [4.69, 9.17) is 15.2 Å². The molecule has 1 aromatic heterocycles. The molecule has 6 heteroatoms. The fraction of sp³-hybridized carbons (Fsp3) is 0.609. The number of nitrogen functional groups attached to an aromatic ring is 1. The Balaban J connectivity index is 2.30. The van der Waals surface area contributed by atoms with E-state index in [0.717, 1.165) is 36.8 Å². The quantitative estimate of drug-likeness (QED) is 0.382. The smallest absolute Gasteiger partial charge is 0.178 e. The van der Waals surface area contributed by atoms with Crippen LogP contribution in [0.1, 0.15) is 59.1 Å². The molecule has 0 aliphatic rings. The van der Waals surface area contributed by atoms with E-state index >= 15 is 0 Å². The zero-order chi connectivity index (χ0) is 21.4. The minimum atomic E-state index is -0.480. The molecular formula is C23H35FN2O3. The molecule has 29 heavy (non-hydrogen) atoms. The number of ether oxygens (including phenoxy) is 2. The third-order valence-electron chi connectivity index (χ3n) is 5.06. The average molecular weight is 407 g/mol. The lowest BCUT2D eigenvalue weighted by atomic mass is 9.90. The number of aromatic nitrogens is 1. The highest BCUT2D eigenvalue weighted by Crippen LogP contribution is 2.32. The van der Waals surface area contributed by atoms with E-state index in [1.807, 2.05) is 10.6 Å². The van der Waals surface area contributed by atoms with Gasteiger partial charge in [-0.25, -0.2) is 4.39 Å². The Morgan fingerprint density at radius 2 is 1.76 bits per heavy atom. The molecule has 2 N–H and O–H groups in total. The van der Waals surface area contributed by atoms with E-state index < -0.39 is 5.82 Å². The Labute approximate surface area is 173 Å². The molecule has 0 fully saturated rings. The van der Waals surface area contributed by atoms with Crippen molar-refractivity contribution in [2.75, 3.05) is 32.2 Å². The van der Waals surface area contributed by atoms with Gasteiger partial charge in [-0.3, -0.25) is 4.79 Å². The number of Topliss-reactive ketones (excluding diaryl/α,β-unsaturated/α-hetero) is 1. The number of benzene rings is 1. The number of hydrogen-bond donors (Lipinski definition) is 1. The van der Waals surface area contributed by atoms with Gasteiger partial charge in [0.2, 0.25) is 0 Å². The average Bonchev–Trinajstić information content (AvgIpc) is 3.01. The first-order valence-corrected chi connectivity index (χ1v) is 10.6. The number of rotatable bonds is 13. The lowest BCUT2D eigenvalue weighted by molar-refractivity contribution is -0.124. The fourth-order valence-corrected chi connectivity index (χ4v) is 3.33. The normalized spacial score (nSPS) is 12.0. The largest absolute Gasteiger partial charge is 0.396 e. The van der Waals surface area contributed by atoms with Crippen LogP contribution in [-0.2, 0) is 26.2 Å². The molecule has 0 bridgehead atoms. The molecule has 0 aliphatic carbocycles. The van der Waals surface area contributed by atoms with E-state index in [1.165, 1.54) is 6.07 Å². The molecule has 162 valence electrons. The van der Waals surface area contributed by atoms with Gasteiger partial charge in [-0.2, -0.15) is 0 Å². The highest BCUT2D eigenvalue weighted by Gasteiger charge is 2.27. The molecule has 2 aromatic rings. The monoisotopic (exact) mass is 406 g/mol. The summed E-state index contributed by atoms with van der Waals surface area (Å²) in [5, 5.41) is 0.820. The number of halogens is 1. The molecule has 2 rings (SSSR count). The van der Waals surface area contributed by atoms with Crippen LogP contribution in [0.3, 0.4) is 0 Å². The van der Waals surface area contributed by atoms with Crippen LogP contribution in [0.5, 0.6) is 0 Å². The number of ketones is 1. The number of nitrogens with zero attached hydrogens (tertiary/aromatic N) is 1. The number of fused-ring (bicyclic) bond motifs is 1. The number of nitrogens with two attached hydrogens (primary N) is 1. The van der Waals surface area contributed by atoms with Crippen molar-refractivity contribution >= 4 is 22.4 Å². The van der Waals surface area contributed by atoms with Crippen LogP contribution < -0.4 is 5.73 Å². The summed E-state index contributed by atoms with van der Waals surface area (Å²) in [6, 6.07) is 5.02. The molecule has 0 radical (unpaired) electrons. The van der Waals surface area contributed by atoms with Gasteiger partial charge < -0.3 is 19.8 Å². The van der Waals surface area contributed by atoms with Gasteiger partial charge in [0.1, 0.15) is 12.4 Å². The van der Waals surface area contributed by atoms with Gasteiger partial charge in [0.05, 0.1) is 24.4 Å². The minimum Gasteiger partial charge on any atom is -0.396 e. The first-order valence-electron chi connectivity index (χ1n) is 10.6. The molecular weight excluding hydrogens is 371 g/mol. The fourth-order valence-electron chi connectivity index (χ4n) is 3.33. The maximum absolute atomic E-state index is 14.2. The molecule has 0 amide bonds. The lowest BCUT2D eigenvalue weighted by Crippen LogP contribution is -2.29. The standard InChI is InChI=1S/C23H35FN2O3/c1-5-7-9-28-15-18(27)14-26-21-13-19(24)20(25)11-17(21)12-22(26)23(3,4)16-29-10-8-6-2/h11-13H,5-10,14-16,25H2,1-4H3. The number of hydrogen-bond acceptors (Lipinski definition) is 4. The summed E-state index contributed by atoms with van der Waals surface area (Å²) in [7, 11) is 0. The summed E-state index contributed by atoms with van der Waals surface area (Å²) in [6.07, 6.45) is 4.03. The van der Waals surface area contributed by atoms with Crippen LogP contribution in [0.25, 0.3) is 10.9 Å². The third-order valence-corrected chi connectivity index (χ3v) is 5.06. The summed E-state index contributed by atoms with van der Waals surface area (Å²) in [5.41, 5.74) is 7.11. The maximum Gasteiger partial charge on any atom is 0.178 e. The van der Waals surface area contributed by atoms with Crippen LogP contribution in [-0.4, -0.2) is 36.8 Å². The zero-order valence-electron chi connectivity index (χ0n) is 18.2. The summed E-state index contributed by atoms with van der Waals surface area (Å²) in [6.45, 7) is 10.3. The molecule has 1 heterocycles. The molecule has 0 spiro atoms. The van der Waals surface area contributed by atoms with Gasteiger partial charge in [-0.15, -0.1) is 0 Å². The van der Waals surface area contributed by atoms with Crippen molar-refractivity contribution in [3.05, 3.63) is 29.7 Å². The highest BCUT2D eigenvalue weighted by molar-refractivity contribution is 5.88. The van der Waals surface area contributed by atoms with Crippen LogP contribution in [0.4, 0.5) is 10.1 Å². The van der Waals surface area contributed by atoms with Crippen LogP contribution in [0, 0.1) is 5.82 Å². The predicted octanol–water partition coefficient (Wildman–Crippen LogP) is 4.84. The maximum atomic E-state index is 14.2. The molecule has 0 saturated carbocycles. The Morgan fingerprint density at radius 3 is 2.41 bits per heavy atom. The van der Waals surface area contributed by atoms with Gasteiger partial charge in [0, 0.05) is 35.8 Å². The lowest BCUT2D eigenvalue weighted by Gasteiger charge is -2.27. The van der Waals surface area contributed by atoms with Gasteiger partial charge in [0.25, 0.3) is 0 Å². The second-order valence-corrected chi connectivity index (χ2v) is 8.28. The van der Waals surface area contributed by atoms with Crippen molar-refractivity contribution in [3.8, 4) is 0 Å². The molecule has 0 aliphatic heterocycles. The number of anilines is 1. The first-order chi connectivity index (χ1) is 13.8. The second-order valence-electron chi connectivity index (χ2n) is 8.28. The van der Waals surface area contributed by atoms with Crippen molar-refractivity contribution in [1.82, 2.24) is 4.57 Å². The van der Waals surface area contributed by atoms with Crippen molar-refractivity contribution in [3.63, 3.8) is 0 Å². The van der Waals surface area contributed by atoms with Crippen molar-refractivity contribution in [2.24, 2.45) is 0 Å². The SMILES string of the molecule is CCCCOCC(=O)Cn1c(C(C)(C)COCCCC)cc2cc(N)c(F)cc21. The van der Waals surface area contributed by atoms with Crippen LogP contribution in [0.2, 0.25) is 0 Å². The predicted molar refractivity (Wildman–Crippen MR) is 116 cm³/mol. The topological polar surface area (TPSA) is 66.5 Å². The number of unbranched alkanes of at least 4 members (excludes halogenated alkanes) is 2. The van der Waals surface area contributed by atoms with Crippen LogP contribution in [0.15, 0.2) is 18.2 Å². The third kappa shape index (κ3) is 6.28. The zero-order valence-corrected chi connectivity index (χ0v) is 18.2.